The van der Waals surface area contributed by atoms with E-state index in [0.717, 1.165) is 108 Å². The lowest BCUT2D eigenvalue weighted by molar-refractivity contribution is -0.927. The molecule has 64 heavy (non-hydrogen) atoms. The summed E-state index contributed by atoms with van der Waals surface area (Å²) in [6, 6.07) is -0.661. The van der Waals surface area contributed by atoms with Gasteiger partial charge in [0.1, 0.15) is 0 Å². The van der Waals surface area contributed by atoms with Gasteiger partial charge < -0.3 is 37.2 Å². The predicted octanol–water partition coefficient (Wildman–Crippen LogP) is 11.0. The summed E-state index contributed by atoms with van der Waals surface area (Å²) in [4.78, 5) is 49.9. The van der Waals surface area contributed by atoms with Gasteiger partial charge in [0.2, 0.25) is 0 Å². The predicted molar refractivity (Wildman–Crippen MR) is 272 cm³/mol. The fourth-order valence-corrected chi connectivity index (χ4v) is 7.83. The van der Waals surface area contributed by atoms with Gasteiger partial charge in [-0.1, -0.05) is 140 Å². The van der Waals surface area contributed by atoms with Gasteiger partial charge in [0, 0.05) is 38.6 Å². The molecule has 0 aliphatic carbocycles. The van der Waals surface area contributed by atoms with Gasteiger partial charge in [-0.05, 0) is 90.1 Å². The van der Waals surface area contributed by atoms with Gasteiger partial charge in [-0.15, -0.1) is 0 Å². The van der Waals surface area contributed by atoms with Crippen LogP contribution in [0.2, 0.25) is 0 Å². The molecule has 0 spiro atoms. The zero-order valence-electron chi connectivity index (χ0n) is 41.4. The van der Waals surface area contributed by atoms with Crippen LogP contribution < -0.4 is 32.7 Å². The van der Waals surface area contributed by atoms with Crippen LogP contribution in [0.1, 0.15) is 200 Å². The summed E-state index contributed by atoms with van der Waals surface area (Å²) in [7, 11) is 0. The number of nitrogens with two attached hydrogens (primary N) is 2. The van der Waals surface area contributed by atoms with E-state index in [1.165, 1.54) is 89.9 Å². The van der Waals surface area contributed by atoms with E-state index in [0.29, 0.717) is 45.6 Å². The minimum atomic E-state index is -0.333. The number of urea groups is 2. The Bertz CT molecular complexity index is 1230. The second-order valence-corrected chi connectivity index (χ2v) is 17.8. The van der Waals surface area contributed by atoms with E-state index in [9.17, 15) is 19.2 Å². The maximum atomic E-state index is 12.6. The Labute approximate surface area is 392 Å². The molecule has 11 nitrogen and oxygen atoms in total. The quantitative estimate of drug-likeness (QED) is 0.0202. The Balaban J connectivity index is 4.20. The molecule has 0 aromatic rings. The molecule has 0 aliphatic rings. The number of carbonyl (C=O) groups is 4. The van der Waals surface area contributed by atoms with Crippen LogP contribution in [0.4, 0.5) is 9.59 Å². The van der Waals surface area contributed by atoms with E-state index in [4.69, 9.17) is 11.5 Å². The first kappa shape index (κ1) is 60.7. The molecular weight excluding hydrogens is 799 g/mol. The van der Waals surface area contributed by atoms with Gasteiger partial charge in [-0.25, -0.2) is 9.59 Å². The van der Waals surface area contributed by atoms with E-state index >= 15 is 0 Å². The van der Waals surface area contributed by atoms with E-state index in [2.05, 4.69) is 83.7 Å². The molecule has 0 rings (SSSR count). The van der Waals surface area contributed by atoms with E-state index in [1.807, 2.05) is 0 Å². The smallest absolute Gasteiger partial charge is 0.315 e. The summed E-state index contributed by atoms with van der Waals surface area (Å²) in [5.74, 6) is 0.122. The largest absolute Gasteiger partial charge is 0.338 e. The molecule has 0 radical (unpaired) electrons. The van der Waals surface area contributed by atoms with Crippen LogP contribution in [0.5, 0.6) is 0 Å². The van der Waals surface area contributed by atoms with Crippen molar-refractivity contribution in [2.24, 2.45) is 11.5 Å². The summed E-state index contributed by atoms with van der Waals surface area (Å²) in [5.41, 5.74) is 11.8. The Hall–Kier alpha value is -3.28. The number of nitrogens with one attached hydrogen (secondary N) is 4. The van der Waals surface area contributed by atoms with Crippen molar-refractivity contribution in [3.63, 3.8) is 0 Å². The normalized spacial score (nSPS) is 12.0. The molecule has 0 heterocycles. The van der Waals surface area contributed by atoms with Gasteiger partial charge in [0.15, 0.2) is 11.6 Å². The highest BCUT2D eigenvalue weighted by atomic mass is 16.2. The van der Waals surface area contributed by atoms with Gasteiger partial charge in [0.05, 0.1) is 45.8 Å². The first-order valence-electron chi connectivity index (χ1n) is 26.2. The zero-order valence-corrected chi connectivity index (χ0v) is 41.4. The molecule has 4 amide bonds. The minimum Gasteiger partial charge on any atom is -0.338 e. The van der Waals surface area contributed by atoms with E-state index < -0.39 is 0 Å². The van der Waals surface area contributed by atoms with Crippen LogP contribution in [-0.4, -0.2) is 93.6 Å². The Kier molecular flexibility index (Phi) is 45.2. The van der Waals surface area contributed by atoms with Gasteiger partial charge in [0.25, 0.3) is 0 Å². The summed E-state index contributed by atoms with van der Waals surface area (Å²) in [5, 5.41) is 11.3. The van der Waals surface area contributed by atoms with Gasteiger partial charge >= 0.3 is 12.1 Å². The second-order valence-electron chi connectivity index (χ2n) is 17.8. The third-order valence-corrected chi connectivity index (χ3v) is 11.8. The average Bonchev–Trinajstić information content (AvgIpc) is 3.29. The minimum absolute atomic E-state index is 0.0439. The number of allylic oxidation sites excluding steroid dienone is 8. The maximum Gasteiger partial charge on any atom is 0.315 e. The fourth-order valence-electron chi connectivity index (χ4n) is 7.83. The van der Waals surface area contributed by atoms with Crippen molar-refractivity contribution < 1.29 is 23.7 Å². The fraction of sp³-hybridized carbons (Fsp3) is 0.774. The Morgan fingerprint density at radius 3 is 1.16 bits per heavy atom. The van der Waals surface area contributed by atoms with Crippen molar-refractivity contribution in [1.29, 1.82) is 0 Å². The highest BCUT2D eigenvalue weighted by Crippen LogP contribution is 2.13. The first-order valence-corrected chi connectivity index (χ1v) is 26.2. The zero-order chi connectivity index (χ0) is 46.9. The van der Waals surface area contributed by atoms with Crippen LogP contribution >= 0.6 is 0 Å². The van der Waals surface area contributed by atoms with Crippen LogP contribution in [-0.2, 0) is 9.59 Å². The third kappa shape index (κ3) is 42.7. The number of quaternary nitrogens is 1. The number of Topliss-reactive ketones (excluding diaryl/α,β-unsaturated/α-hetero) is 2. The van der Waals surface area contributed by atoms with Crippen molar-refractivity contribution in [3.05, 3.63) is 48.6 Å². The molecule has 0 aromatic heterocycles. The molecule has 0 aromatic carbocycles. The molecule has 11 heteroatoms. The second kappa shape index (κ2) is 47.7. The molecular formula is C53H100N7O4+. The first-order chi connectivity index (χ1) is 31.3. The molecule has 0 saturated carbocycles. The summed E-state index contributed by atoms with van der Waals surface area (Å²) < 4.78 is 0.733. The summed E-state index contributed by atoms with van der Waals surface area (Å²) >= 11 is 0. The van der Waals surface area contributed by atoms with Crippen LogP contribution in [0.15, 0.2) is 48.6 Å². The molecule has 0 bridgehead atoms. The topological polar surface area (TPSA) is 168 Å². The lowest BCUT2D eigenvalue weighted by Gasteiger charge is -2.39. The van der Waals surface area contributed by atoms with E-state index in [1.54, 1.807) is 0 Å². The highest BCUT2D eigenvalue weighted by Gasteiger charge is 2.26. The number of ketones is 2. The molecule has 8 N–H and O–H groups in total. The van der Waals surface area contributed by atoms with Crippen molar-refractivity contribution in [3.8, 4) is 0 Å². The van der Waals surface area contributed by atoms with Crippen molar-refractivity contribution in [1.82, 2.24) is 21.3 Å². The van der Waals surface area contributed by atoms with Crippen LogP contribution in [0.3, 0.4) is 0 Å². The molecule has 0 unspecified atom stereocenters. The number of unbranched alkanes of at least 4 members (excludes halogenated alkanes) is 18. The van der Waals surface area contributed by atoms with Crippen molar-refractivity contribution in [2.45, 2.75) is 200 Å². The summed E-state index contributed by atoms with van der Waals surface area (Å²) in [6.45, 7) is 9.82. The number of carbonyl (C=O) groups excluding carboxylic acids is 4. The SMILES string of the molecule is CCCCC/C=C\C/C=C\CCCCCCCCC(=O)CNC(=O)NCCC[N+](CCCN)(CCCN)CCNC(=O)NCC(=O)CCCCCCCC/C=C\C/C=C\CCCCC. The number of hydrogen-bond acceptors (Lipinski definition) is 6. The van der Waals surface area contributed by atoms with E-state index in [-0.39, 0.29) is 36.7 Å². The number of hydrogen-bond donors (Lipinski definition) is 6. The molecule has 370 valence electrons. The maximum absolute atomic E-state index is 12.6. The number of rotatable bonds is 47. The summed E-state index contributed by atoms with van der Waals surface area (Å²) in [6.07, 6.45) is 49.6. The van der Waals surface area contributed by atoms with Crippen molar-refractivity contribution in [2.75, 3.05) is 65.4 Å². The standard InChI is InChI=1S/C53H99N7O4/c1-3-5-7-9-11-13-15-17-19-21-23-25-27-29-31-33-38-50(61)48-58-52(63)56-42-37-46-60(44-35-40-54,45-36-41-55)47-43-57-53(64)59-49-51(62)39-34-32-30-28-26-24-22-20-18-16-14-12-10-8-6-4-2/h11-14,17-20H,3-10,15-16,21-49,54-55H2,1-2H3,(H3-,56,57,58,59,63,64)/p+1/b13-11-,14-12-,19-17-,20-18-. The Morgan fingerprint density at radius 2 is 0.750 bits per heavy atom. The van der Waals surface area contributed by atoms with Gasteiger partial charge in [-0.2, -0.15) is 0 Å². The highest BCUT2D eigenvalue weighted by molar-refractivity contribution is 5.85. The van der Waals surface area contributed by atoms with Gasteiger partial charge in [-0.3, -0.25) is 9.59 Å². The average molecular weight is 899 g/mol. The Morgan fingerprint density at radius 1 is 0.391 bits per heavy atom. The van der Waals surface area contributed by atoms with Crippen LogP contribution in [0.25, 0.3) is 0 Å². The molecule has 0 saturated heterocycles. The van der Waals surface area contributed by atoms with Crippen molar-refractivity contribution >= 4 is 23.6 Å². The number of amides is 4. The number of nitrogens with zero attached hydrogens (tertiary/aromatic N) is 1. The monoisotopic (exact) mass is 899 g/mol. The van der Waals surface area contributed by atoms with Crippen LogP contribution in [0, 0.1) is 0 Å². The lowest BCUT2D eigenvalue weighted by atomic mass is 10.1. The molecule has 0 fully saturated rings. The third-order valence-electron chi connectivity index (χ3n) is 11.8. The lowest BCUT2D eigenvalue weighted by Crippen LogP contribution is -2.55. The molecule has 0 aliphatic heterocycles. The molecule has 0 atom stereocenters.